The molecule has 0 aliphatic heterocycles. The van der Waals surface area contributed by atoms with Crippen molar-refractivity contribution >= 4 is 17.4 Å². The molecule has 3 N–H and O–H groups in total. The van der Waals surface area contributed by atoms with Crippen molar-refractivity contribution in [2.24, 2.45) is 5.92 Å². The number of anilines is 2. The molecule has 0 fully saturated rings. The fourth-order valence-electron chi connectivity index (χ4n) is 3.52. The summed E-state index contributed by atoms with van der Waals surface area (Å²) < 4.78 is 13.1. The van der Waals surface area contributed by atoms with E-state index < -0.39 is 17.2 Å². The average Bonchev–Trinajstić information content (AvgIpc) is 3.19. The van der Waals surface area contributed by atoms with Crippen molar-refractivity contribution in [1.82, 2.24) is 24.5 Å². The van der Waals surface area contributed by atoms with E-state index in [1.54, 1.807) is 38.3 Å². The quantitative estimate of drug-likeness (QED) is 0.468. The maximum absolute atomic E-state index is 13.6. The van der Waals surface area contributed by atoms with Crippen LogP contribution in [-0.4, -0.2) is 57.8 Å². The van der Waals surface area contributed by atoms with Crippen molar-refractivity contribution < 1.29 is 14.3 Å². The van der Waals surface area contributed by atoms with Crippen LogP contribution < -0.4 is 26.6 Å². The van der Waals surface area contributed by atoms with Crippen molar-refractivity contribution in [3.8, 4) is 11.4 Å². The summed E-state index contributed by atoms with van der Waals surface area (Å²) >= 11 is 0. The van der Waals surface area contributed by atoms with Crippen LogP contribution in [0.4, 0.5) is 11.5 Å². The van der Waals surface area contributed by atoms with Crippen LogP contribution in [0.5, 0.6) is 5.75 Å². The van der Waals surface area contributed by atoms with Gasteiger partial charge < -0.3 is 15.2 Å². The van der Waals surface area contributed by atoms with Gasteiger partial charge in [0.1, 0.15) is 11.6 Å². The highest BCUT2D eigenvalue weighted by Gasteiger charge is 2.29. The van der Waals surface area contributed by atoms with Crippen LogP contribution in [0.1, 0.15) is 30.0 Å². The van der Waals surface area contributed by atoms with Gasteiger partial charge in [-0.05, 0) is 25.0 Å². The molecule has 1 amide bonds. The number of amides is 1. The SMILES string of the molecule is COCCN(C(=O)c1nnn(-c2cccc(OC)c2)c1C)c1c(N)n(CC(C)C)c(=O)[nH]c1=O. The number of methoxy groups -OCH3 is 2. The van der Waals surface area contributed by atoms with Crippen LogP contribution in [0.2, 0.25) is 0 Å². The molecule has 0 bridgehead atoms. The zero-order chi connectivity index (χ0) is 25.0. The first kappa shape index (κ1) is 24.7. The van der Waals surface area contributed by atoms with Crippen LogP contribution in [0.15, 0.2) is 33.9 Å². The summed E-state index contributed by atoms with van der Waals surface area (Å²) in [7, 11) is 3.02. The smallest absolute Gasteiger partial charge is 0.330 e. The molecule has 3 aromatic rings. The van der Waals surface area contributed by atoms with E-state index in [1.165, 1.54) is 21.3 Å². The molecule has 2 aromatic heterocycles. The van der Waals surface area contributed by atoms with Gasteiger partial charge in [-0.1, -0.05) is 25.1 Å². The van der Waals surface area contributed by atoms with E-state index in [-0.39, 0.29) is 42.8 Å². The Labute approximate surface area is 195 Å². The molecule has 0 spiro atoms. The second-order valence-corrected chi connectivity index (χ2v) is 8.08. The summed E-state index contributed by atoms with van der Waals surface area (Å²) in [4.78, 5) is 42.2. The lowest BCUT2D eigenvalue weighted by Gasteiger charge is -2.24. The molecule has 1 aromatic carbocycles. The molecule has 0 saturated carbocycles. The van der Waals surface area contributed by atoms with Crippen LogP contribution in [0.25, 0.3) is 5.69 Å². The molecule has 0 aliphatic rings. The number of nitrogen functional groups attached to an aromatic ring is 1. The fourth-order valence-corrected chi connectivity index (χ4v) is 3.52. The molecule has 2 heterocycles. The maximum atomic E-state index is 13.6. The summed E-state index contributed by atoms with van der Waals surface area (Å²) in [6, 6.07) is 7.13. The highest BCUT2D eigenvalue weighted by molar-refractivity contribution is 6.06. The predicted octanol–water partition coefficient (Wildman–Crippen LogP) is 0.966. The summed E-state index contributed by atoms with van der Waals surface area (Å²) in [6.07, 6.45) is 0. The van der Waals surface area contributed by atoms with E-state index in [4.69, 9.17) is 15.2 Å². The number of nitrogens with one attached hydrogen (secondary N) is 1. The molecule has 0 aliphatic carbocycles. The van der Waals surface area contributed by atoms with Gasteiger partial charge in [0.05, 0.1) is 25.1 Å². The minimum atomic E-state index is -0.773. The van der Waals surface area contributed by atoms with E-state index in [1.807, 2.05) is 13.8 Å². The third-order valence-corrected chi connectivity index (χ3v) is 5.19. The molecule has 3 rings (SSSR count). The Morgan fingerprint density at radius 1 is 1.26 bits per heavy atom. The highest BCUT2D eigenvalue weighted by atomic mass is 16.5. The van der Waals surface area contributed by atoms with E-state index in [0.29, 0.717) is 17.1 Å². The monoisotopic (exact) mass is 471 g/mol. The Bertz CT molecular complexity index is 1290. The van der Waals surface area contributed by atoms with Crippen LogP contribution in [0.3, 0.4) is 0 Å². The number of benzene rings is 1. The Morgan fingerprint density at radius 3 is 2.65 bits per heavy atom. The molecule has 0 radical (unpaired) electrons. The molecule has 0 atom stereocenters. The number of carbonyl (C=O) groups excluding carboxylic acids is 1. The van der Waals surface area contributed by atoms with E-state index in [9.17, 15) is 14.4 Å². The lowest BCUT2D eigenvalue weighted by atomic mass is 10.2. The van der Waals surface area contributed by atoms with Crippen LogP contribution in [0, 0.1) is 12.8 Å². The van der Waals surface area contributed by atoms with Gasteiger partial charge in [0.25, 0.3) is 11.5 Å². The minimum absolute atomic E-state index is 0.00789. The zero-order valence-corrected chi connectivity index (χ0v) is 19.9. The maximum Gasteiger partial charge on any atom is 0.330 e. The Hall–Kier alpha value is -3.93. The van der Waals surface area contributed by atoms with Crippen LogP contribution >= 0.6 is 0 Å². The van der Waals surface area contributed by atoms with Gasteiger partial charge in [0.2, 0.25) is 0 Å². The van der Waals surface area contributed by atoms with Crippen molar-refractivity contribution in [2.45, 2.75) is 27.3 Å². The van der Waals surface area contributed by atoms with E-state index in [0.717, 1.165) is 0 Å². The molecule has 12 heteroatoms. The molecular formula is C22H29N7O5. The number of carbonyl (C=O) groups is 1. The molecule has 12 nitrogen and oxygen atoms in total. The normalized spacial score (nSPS) is 11.1. The van der Waals surface area contributed by atoms with Gasteiger partial charge in [-0.2, -0.15) is 0 Å². The van der Waals surface area contributed by atoms with Crippen molar-refractivity contribution in [3.63, 3.8) is 0 Å². The topological polar surface area (TPSA) is 150 Å². The number of nitrogens with two attached hydrogens (primary N) is 1. The van der Waals surface area contributed by atoms with Gasteiger partial charge in [0.15, 0.2) is 11.4 Å². The second kappa shape index (κ2) is 10.3. The Kier molecular flexibility index (Phi) is 7.51. The van der Waals surface area contributed by atoms with Crippen molar-refractivity contribution in [3.05, 3.63) is 56.5 Å². The van der Waals surface area contributed by atoms with E-state index >= 15 is 0 Å². The number of nitrogens with zero attached hydrogens (tertiary/aromatic N) is 5. The van der Waals surface area contributed by atoms with Crippen molar-refractivity contribution in [2.75, 3.05) is 38.0 Å². The fraction of sp³-hybridized carbons (Fsp3) is 0.409. The first-order chi connectivity index (χ1) is 16.2. The zero-order valence-electron chi connectivity index (χ0n) is 19.9. The first-order valence-corrected chi connectivity index (χ1v) is 10.7. The minimum Gasteiger partial charge on any atom is -0.497 e. The van der Waals surface area contributed by atoms with Gasteiger partial charge in [-0.25, -0.2) is 9.48 Å². The first-order valence-electron chi connectivity index (χ1n) is 10.7. The third kappa shape index (κ3) is 4.86. The van der Waals surface area contributed by atoms with Crippen molar-refractivity contribution in [1.29, 1.82) is 0 Å². The largest absolute Gasteiger partial charge is 0.497 e. The lowest BCUT2D eigenvalue weighted by molar-refractivity contribution is 0.0970. The summed E-state index contributed by atoms with van der Waals surface area (Å²) in [6.45, 7) is 5.90. The van der Waals surface area contributed by atoms with E-state index in [2.05, 4.69) is 15.3 Å². The molecular weight excluding hydrogens is 442 g/mol. The Morgan fingerprint density at radius 2 is 2.00 bits per heavy atom. The standard InChI is InChI=1S/C22H29N7O5/c1-13(2)12-28-19(23)18(20(30)24-22(28)32)27(9-10-33-4)21(31)17-14(3)29(26-25-17)15-7-6-8-16(11-15)34-5/h6-8,11,13H,9-10,12,23H2,1-5H3,(H,24,30,32). The van der Waals surface area contributed by atoms with Gasteiger partial charge in [-0.15, -0.1) is 5.10 Å². The molecule has 0 saturated heterocycles. The Balaban J connectivity index is 2.10. The number of aromatic nitrogens is 5. The number of H-pyrrole nitrogens is 1. The predicted molar refractivity (Wildman–Crippen MR) is 127 cm³/mol. The number of hydrogen-bond acceptors (Lipinski definition) is 8. The van der Waals surface area contributed by atoms with Gasteiger partial charge in [0, 0.05) is 26.3 Å². The number of hydrogen-bond donors (Lipinski definition) is 2. The lowest BCUT2D eigenvalue weighted by Crippen LogP contribution is -2.43. The summed E-state index contributed by atoms with van der Waals surface area (Å²) in [5.41, 5.74) is 5.81. The second-order valence-electron chi connectivity index (χ2n) is 8.08. The average molecular weight is 472 g/mol. The molecule has 34 heavy (non-hydrogen) atoms. The number of rotatable bonds is 9. The molecule has 0 unspecified atom stereocenters. The molecule has 182 valence electrons. The van der Waals surface area contributed by atoms with Crippen LogP contribution in [-0.2, 0) is 11.3 Å². The summed E-state index contributed by atoms with van der Waals surface area (Å²) in [5, 5.41) is 8.18. The summed E-state index contributed by atoms with van der Waals surface area (Å²) in [5.74, 6) is -0.0130. The highest BCUT2D eigenvalue weighted by Crippen LogP contribution is 2.22. The number of ether oxygens (including phenoxy) is 2. The third-order valence-electron chi connectivity index (χ3n) is 5.19. The number of aromatic amines is 1. The van der Waals surface area contributed by atoms with Gasteiger partial charge >= 0.3 is 5.69 Å². The van der Waals surface area contributed by atoms with Gasteiger partial charge in [-0.3, -0.25) is 24.0 Å².